The van der Waals surface area contributed by atoms with Crippen LogP contribution < -0.4 is 4.74 Å². The smallest absolute Gasteiger partial charge is 0.162 e. The highest BCUT2D eigenvalue weighted by atomic mass is 16.6. The first-order chi connectivity index (χ1) is 10.3. The highest BCUT2D eigenvalue weighted by Crippen LogP contribution is 2.45. The lowest BCUT2D eigenvalue weighted by Crippen LogP contribution is -2.35. The van der Waals surface area contributed by atoms with Gasteiger partial charge in [-0.3, -0.25) is 4.79 Å². The molecule has 1 N–H and O–H groups in total. The number of hydrogen-bond donors (Lipinski definition) is 1. The van der Waals surface area contributed by atoms with Crippen LogP contribution in [0.3, 0.4) is 0 Å². The molecule has 0 aromatic heterocycles. The van der Waals surface area contributed by atoms with Gasteiger partial charge in [0.1, 0.15) is 17.3 Å². The number of phenolic OH excluding ortho intramolecular Hbond substituents is 1. The highest BCUT2D eigenvalue weighted by Gasteiger charge is 2.39. The first-order valence-electron chi connectivity index (χ1n) is 7.42. The Hall–Kier alpha value is -2.23. The fourth-order valence-electron chi connectivity index (χ4n) is 3.14. The van der Waals surface area contributed by atoms with Crippen LogP contribution in [0, 0.1) is 19.8 Å². The second-order valence-corrected chi connectivity index (χ2v) is 6.20. The van der Waals surface area contributed by atoms with E-state index in [1.54, 1.807) is 19.9 Å². The Morgan fingerprint density at radius 1 is 1.32 bits per heavy atom. The van der Waals surface area contributed by atoms with Crippen LogP contribution in [-0.2, 0) is 9.53 Å². The lowest BCUT2D eigenvalue weighted by Gasteiger charge is -2.30. The molecule has 2 unspecified atom stereocenters. The van der Waals surface area contributed by atoms with Crippen molar-refractivity contribution in [3.05, 3.63) is 40.7 Å². The molecule has 2 aliphatic rings. The first-order valence-corrected chi connectivity index (χ1v) is 7.42. The minimum absolute atomic E-state index is 0.00649. The molecule has 1 aliphatic heterocycles. The van der Waals surface area contributed by atoms with Crippen molar-refractivity contribution in [1.82, 2.24) is 0 Å². The van der Waals surface area contributed by atoms with E-state index in [4.69, 9.17) is 9.47 Å². The molecule has 1 aromatic carbocycles. The van der Waals surface area contributed by atoms with Gasteiger partial charge in [0.15, 0.2) is 17.6 Å². The standard InChI is InChI=1S/C18H20O4/c1-8-6-13(19)10(3)17-15(8)12(5)21-18-11(4)14(20)7-9(2)16(18)22-17/h6,9,16,19H,5,7H2,1-4H3. The van der Waals surface area contributed by atoms with Crippen LogP contribution in [-0.4, -0.2) is 17.0 Å². The van der Waals surface area contributed by atoms with Crippen molar-refractivity contribution < 1.29 is 19.4 Å². The molecule has 1 aliphatic carbocycles. The summed E-state index contributed by atoms with van der Waals surface area (Å²) in [6.45, 7) is 11.4. The maximum Gasteiger partial charge on any atom is 0.162 e. The molecule has 116 valence electrons. The zero-order valence-corrected chi connectivity index (χ0v) is 13.3. The summed E-state index contributed by atoms with van der Waals surface area (Å²) in [6.07, 6.45) is 0.0951. The predicted octanol–water partition coefficient (Wildman–Crippen LogP) is 3.64. The number of fused-ring (bicyclic) bond motifs is 2. The van der Waals surface area contributed by atoms with E-state index in [1.165, 1.54) is 0 Å². The summed E-state index contributed by atoms with van der Waals surface area (Å²) in [6, 6.07) is 1.68. The molecular formula is C18H20O4. The van der Waals surface area contributed by atoms with Gasteiger partial charge in [0.2, 0.25) is 0 Å². The number of benzene rings is 1. The summed E-state index contributed by atoms with van der Waals surface area (Å²) >= 11 is 0. The normalized spacial score (nSPS) is 24.2. The number of rotatable bonds is 0. The number of ether oxygens (including phenoxy) is 2. The molecule has 0 amide bonds. The average Bonchev–Trinajstić information content (AvgIpc) is 2.60. The van der Waals surface area contributed by atoms with Crippen molar-refractivity contribution in [2.24, 2.45) is 5.92 Å². The van der Waals surface area contributed by atoms with Gasteiger partial charge in [0.05, 0.1) is 5.56 Å². The fourth-order valence-corrected chi connectivity index (χ4v) is 3.14. The number of carbonyl (C=O) groups is 1. The number of allylic oxidation sites excluding steroid dienone is 1. The van der Waals surface area contributed by atoms with Gasteiger partial charge in [-0.1, -0.05) is 13.5 Å². The molecule has 0 saturated heterocycles. The van der Waals surface area contributed by atoms with Crippen LogP contribution in [0.1, 0.15) is 37.0 Å². The van der Waals surface area contributed by atoms with Crippen molar-refractivity contribution in [2.45, 2.75) is 40.2 Å². The van der Waals surface area contributed by atoms with Gasteiger partial charge in [-0.25, -0.2) is 0 Å². The number of hydrogen-bond acceptors (Lipinski definition) is 4. The summed E-state index contributed by atoms with van der Waals surface area (Å²) in [4.78, 5) is 12.1. The first kappa shape index (κ1) is 14.7. The maximum atomic E-state index is 12.1. The molecule has 0 saturated carbocycles. The fraction of sp³-hybridized carbons (Fsp3) is 0.389. The van der Waals surface area contributed by atoms with E-state index in [0.29, 0.717) is 34.8 Å². The maximum absolute atomic E-state index is 12.1. The summed E-state index contributed by atoms with van der Waals surface area (Å²) in [7, 11) is 0. The molecule has 2 atom stereocenters. The largest absolute Gasteiger partial charge is 0.508 e. The lowest BCUT2D eigenvalue weighted by atomic mass is 9.86. The van der Waals surface area contributed by atoms with Gasteiger partial charge >= 0.3 is 0 Å². The number of phenols is 1. The van der Waals surface area contributed by atoms with Crippen molar-refractivity contribution in [3.8, 4) is 11.5 Å². The minimum atomic E-state index is -0.337. The molecule has 3 rings (SSSR count). The summed E-state index contributed by atoms with van der Waals surface area (Å²) in [5, 5.41) is 10.1. The third-order valence-corrected chi connectivity index (χ3v) is 4.53. The molecule has 1 aromatic rings. The monoisotopic (exact) mass is 300 g/mol. The number of carbonyl (C=O) groups excluding carboxylic acids is 1. The molecule has 0 radical (unpaired) electrons. The second-order valence-electron chi connectivity index (χ2n) is 6.20. The zero-order valence-electron chi connectivity index (χ0n) is 13.3. The predicted molar refractivity (Wildman–Crippen MR) is 83.6 cm³/mol. The molecule has 0 spiro atoms. The minimum Gasteiger partial charge on any atom is -0.508 e. The number of Topliss-reactive ketones (excluding diaryl/α,β-unsaturated/α-hetero) is 1. The Morgan fingerprint density at radius 3 is 2.68 bits per heavy atom. The molecule has 4 nitrogen and oxygen atoms in total. The second kappa shape index (κ2) is 4.90. The Labute approximate surface area is 130 Å². The Balaban J connectivity index is 2.23. The van der Waals surface area contributed by atoms with E-state index in [9.17, 15) is 9.90 Å². The van der Waals surface area contributed by atoms with Crippen molar-refractivity contribution in [2.75, 3.05) is 0 Å². The quantitative estimate of drug-likeness (QED) is 0.794. The number of aromatic hydroxyl groups is 1. The van der Waals surface area contributed by atoms with Gasteiger partial charge in [-0.2, -0.15) is 0 Å². The van der Waals surface area contributed by atoms with Crippen molar-refractivity contribution in [3.63, 3.8) is 0 Å². The van der Waals surface area contributed by atoms with E-state index in [0.717, 1.165) is 11.1 Å². The Bertz CT molecular complexity index is 727. The topological polar surface area (TPSA) is 55.8 Å². The summed E-state index contributed by atoms with van der Waals surface area (Å²) in [5.74, 6) is 1.87. The van der Waals surface area contributed by atoms with Crippen LogP contribution in [0.4, 0.5) is 0 Å². The van der Waals surface area contributed by atoms with Crippen LogP contribution in [0.25, 0.3) is 5.76 Å². The molecule has 22 heavy (non-hydrogen) atoms. The van der Waals surface area contributed by atoms with Crippen LogP contribution in [0.2, 0.25) is 0 Å². The van der Waals surface area contributed by atoms with E-state index in [2.05, 4.69) is 6.58 Å². The zero-order chi connectivity index (χ0) is 16.2. The Morgan fingerprint density at radius 2 is 2.00 bits per heavy atom. The van der Waals surface area contributed by atoms with E-state index in [1.807, 2.05) is 13.8 Å². The van der Waals surface area contributed by atoms with Gasteiger partial charge < -0.3 is 14.6 Å². The van der Waals surface area contributed by atoms with E-state index in [-0.39, 0.29) is 23.6 Å². The Kier molecular flexibility index (Phi) is 3.28. The third kappa shape index (κ3) is 2.02. The number of aryl methyl sites for hydroxylation is 1. The molecule has 0 fully saturated rings. The van der Waals surface area contributed by atoms with Crippen LogP contribution >= 0.6 is 0 Å². The molecule has 4 heteroatoms. The van der Waals surface area contributed by atoms with E-state index >= 15 is 0 Å². The SMILES string of the molecule is C=C1OC2=C(C)C(=O)CC(C)C2Oc2c(C)c(O)cc(C)c21. The third-order valence-electron chi connectivity index (χ3n) is 4.53. The molecular weight excluding hydrogens is 280 g/mol. The van der Waals surface area contributed by atoms with Crippen LogP contribution in [0.15, 0.2) is 24.0 Å². The van der Waals surface area contributed by atoms with E-state index < -0.39 is 0 Å². The van der Waals surface area contributed by atoms with Crippen molar-refractivity contribution in [1.29, 1.82) is 0 Å². The number of ketones is 1. The van der Waals surface area contributed by atoms with Gasteiger partial charge in [0.25, 0.3) is 0 Å². The van der Waals surface area contributed by atoms with Crippen molar-refractivity contribution >= 4 is 11.5 Å². The average molecular weight is 300 g/mol. The summed E-state index contributed by atoms with van der Waals surface area (Å²) < 4.78 is 12.1. The summed E-state index contributed by atoms with van der Waals surface area (Å²) in [5.41, 5.74) is 2.84. The van der Waals surface area contributed by atoms with Gasteiger partial charge in [-0.05, 0) is 32.4 Å². The lowest BCUT2D eigenvalue weighted by molar-refractivity contribution is -0.118. The van der Waals surface area contributed by atoms with Crippen LogP contribution in [0.5, 0.6) is 11.5 Å². The highest BCUT2D eigenvalue weighted by molar-refractivity contribution is 5.97. The molecule has 1 heterocycles. The van der Waals surface area contributed by atoms with Gasteiger partial charge in [0, 0.05) is 23.5 Å². The van der Waals surface area contributed by atoms with Gasteiger partial charge in [-0.15, -0.1) is 0 Å². The molecule has 0 bridgehead atoms.